The number of nitrogens with one attached hydrogen (secondary N) is 1. The number of rotatable bonds is 8. The number of likely N-dealkylation sites (N-methyl/N-ethyl adjacent to an activating group) is 1. The summed E-state index contributed by atoms with van der Waals surface area (Å²) < 4.78 is 0. The molecule has 0 aromatic heterocycles. The predicted octanol–water partition coefficient (Wildman–Crippen LogP) is 3.28. The standard InChI is InChI=1S/C21H25Cl2N3O2/c1-4-15-7-5-6-8-19(15)25-20(27)13-26(3)21(28)12-24-14(2)17-10-9-16(22)11-18(17)23/h5-11,14,24H,4,12-13H2,1-3H3,(H,25,27)/p+1/t14-/m0/s1. The molecule has 0 bridgehead atoms. The summed E-state index contributed by atoms with van der Waals surface area (Å²) in [7, 11) is 1.63. The lowest BCUT2D eigenvalue weighted by molar-refractivity contribution is -0.683. The molecule has 7 heteroatoms. The minimum Gasteiger partial charge on any atom is -0.332 e. The summed E-state index contributed by atoms with van der Waals surface area (Å²) in [5.41, 5.74) is 2.76. The van der Waals surface area contributed by atoms with Crippen LogP contribution in [-0.4, -0.2) is 36.9 Å². The molecule has 2 amide bonds. The van der Waals surface area contributed by atoms with Crippen LogP contribution in [0.1, 0.15) is 31.0 Å². The van der Waals surface area contributed by atoms with Crippen LogP contribution in [0.4, 0.5) is 5.69 Å². The van der Waals surface area contributed by atoms with Crippen molar-refractivity contribution in [3.8, 4) is 0 Å². The molecule has 0 saturated heterocycles. The van der Waals surface area contributed by atoms with E-state index in [2.05, 4.69) is 5.32 Å². The molecule has 2 rings (SSSR count). The lowest BCUT2D eigenvalue weighted by Crippen LogP contribution is -2.87. The van der Waals surface area contributed by atoms with Crippen LogP contribution in [0.15, 0.2) is 42.5 Å². The SMILES string of the molecule is CCc1ccccc1NC(=O)CN(C)C(=O)C[NH2+][C@@H](C)c1ccc(Cl)cc1Cl. The lowest BCUT2D eigenvalue weighted by atomic mass is 10.1. The van der Waals surface area contributed by atoms with E-state index in [0.29, 0.717) is 10.0 Å². The average molecular weight is 423 g/mol. The molecule has 0 unspecified atom stereocenters. The molecule has 0 saturated carbocycles. The summed E-state index contributed by atoms with van der Waals surface area (Å²) >= 11 is 12.1. The van der Waals surface area contributed by atoms with Crippen LogP contribution >= 0.6 is 23.2 Å². The maximum atomic E-state index is 12.4. The van der Waals surface area contributed by atoms with Crippen LogP contribution in [0.2, 0.25) is 10.0 Å². The Morgan fingerprint density at radius 1 is 1.18 bits per heavy atom. The zero-order chi connectivity index (χ0) is 20.7. The number of quaternary nitrogens is 1. The van der Waals surface area contributed by atoms with Crippen molar-refractivity contribution in [2.45, 2.75) is 26.3 Å². The van der Waals surface area contributed by atoms with Crippen molar-refractivity contribution in [3.63, 3.8) is 0 Å². The summed E-state index contributed by atoms with van der Waals surface area (Å²) in [6.45, 7) is 4.22. The summed E-state index contributed by atoms with van der Waals surface area (Å²) in [5.74, 6) is -0.346. The van der Waals surface area contributed by atoms with E-state index in [-0.39, 0.29) is 30.9 Å². The van der Waals surface area contributed by atoms with E-state index < -0.39 is 0 Å². The third-order valence-electron chi connectivity index (χ3n) is 4.58. The van der Waals surface area contributed by atoms with E-state index in [4.69, 9.17) is 23.2 Å². The summed E-state index contributed by atoms with van der Waals surface area (Å²) in [6, 6.07) is 13.0. The highest BCUT2D eigenvalue weighted by atomic mass is 35.5. The Morgan fingerprint density at radius 3 is 2.57 bits per heavy atom. The molecule has 2 aromatic carbocycles. The first kappa shape index (κ1) is 22.2. The number of para-hydroxylation sites is 1. The van der Waals surface area contributed by atoms with Crippen LogP contribution in [0, 0.1) is 0 Å². The molecule has 0 aliphatic carbocycles. The molecule has 150 valence electrons. The molecule has 0 heterocycles. The highest BCUT2D eigenvalue weighted by molar-refractivity contribution is 6.35. The maximum Gasteiger partial charge on any atom is 0.277 e. The molecule has 28 heavy (non-hydrogen) atoms. The molecular weight excluding hydrogens is 397 g/mol. The Labute approximate surface area is 176 Å². The van der Waals surface area contributed by atoms with Crippen LogP contribution in [0.3, 0.4) is 0 Å². The first-order valence-corrected chi connectivity index (χ1v) is 9.97. The number of halogens is 2. The van der Waals surface area contributed by atoms with Crippen molar-refractivity contribution < 1.29 is 14.9 Å². The Kier molecular flexibility index (Phi) is 8.30. The Hall–Kier alpha value is -2.08. The largest absolute Gasteiger partial charge is 0.332 e. The number of nitrogens with two attached hydrogens (primary N) is 1. The molecule has 0 aliphatic rings. The van der Waals surface area contributed by atoms with Gasteiger partial charge in [-0.25, -0.2) is 0 Å². The van der Waals surface area contributed by atoms with Gasteiger partial charge < -0.3 is 15.5 Å². The Bertz CT molecular complexity index is 842. The molecule has 0 spiro atoms. The third-order valence-corrected chi connectivity index (χ3v) is 5.14. The second-order valence-electron chi connectivity index (χ2n) is 6.70. The van der Waals surface area contributed by atoms with Crippen molar-refractivity contribution in [3.05, 3.63) is 63.6 Å². The number of aryl methyl sites for hydroxylation is 1. The predicted molar refractivity (Wildman–Crippen MR) is 114 cm³/mol. The number of hydrogen-bond acceptors (Lipinski definition) is 2. The van der Waals surface area contributed by atoms with Gasteiger partial charge >= 0.3 is 0 Å². The first-order valence-electron chi connectivity index (χ1n) is 9.21. The molecule has 0 fully saturated rings. The fourth-order valence-corrected chi connectivity index (χ4v) is 3.46. The average Bonchev–Trinajstić information content (AvgIpc) is 2.66. The second kappa shape index (κ2) is 10.5. The van der Waals surface area contributed by atoms with Gasteiger partial charge in [0.15, 0.2) is 6.54 Å². The van der Waals surface area contributed by atoms with Crippen molar-refractivity contribution in [1.82, 2.24) is 4.90 Å². The fourth-order valence-electron chi connectivity index (χ4n) is 2.88. The number of amides is 2. The maximum absolute atomic E-state index is 12.4. The Balaban J connectivity index is 1.85. The molecular formula is C21H26Cl2N3O2+. The zero-order valence-corrected chi connectivity index (χ0v) is 17.8. The number of carbonyl (C=O) groups is 2. The van der Waals surface area contributed by atoms with Gasteiger partial charge in [-0.2, -0.15) is 0 Å². The van der Waals surface area contributed by atoms with E-state index in [1.807, 2.05) is 49.5 Å². The fraction of sp³-hybridized carbons (Fsp3) is 0.333. The van der Waals surface area contributed by atoms with Gasteiger partial charge in [-0.05, 0) is 37.1 Å². The highest BCUT2D eigenvalue weighted by Gasteiger charge is 2.18. The van der Waals surface area contributed by atoms with E-state index in [9.17, 15) is 9.59 Å². The van der Waals surface area contributed by atoms with Gasteiger partial charge in [0.25, 0.3) is 5.91 Å². The van der Waals surface area contributed by atoms with Crippen LogP contribution < -0.4 is 10.6 Å². The minimum atomic E-state index is -0.217. The first-order chi connectivity index (χ1) is 13.3. The van der Waals surface area contributed by atoms with Gasteiger partial charge in [0.2, 0.25) is 5.91 Å². The number of hydrogen-bond donors (Lipinski definition) is 2. The van der Waals surface area contributed by atoms with Gasteiger partial charge in [-0.15, -0.1) is 0 Å². The van der Waals surface area contributed by atoms with Crippen molar-refractivity contribution in [2.24, 2.45) is 0 Å². The summed E-state index contributed by atoms with van der Waals surface area (Å²) in [6.07, 6.45) is 0.825. The third kappa shape index (κ3) is 6.23. The summed E-state index contributed by atoms with van der Waals surface area (Å²) in [5, 5.41) is 5.92. The van der Waals surface area contributed by atoms with E-state index >= 15 is 0 Å². The number of carbonyl (C=O) groups excluding carboxylic acids is 2. The molecule has 1 atom stereocenters. The van der Waals surface area contributed by atoms with Gasteiger partial charge in [0, 0.05) is 23.3 Å². The minimum absolute atomic E-state index is 0.000798. The Morgan fingerprint density at radius 2 is 1.89 bits per heavy atom. The van der Waals surface area contributed by atoms with E-state index in [1.165, 1.54) is 4.90 Å². The van der Waals surface area contributed by atoms with E-state index in [0.717, 1.165) is 23.2 Å². The zero-order valence-electron chi connectivity index (χ0n) is 16.3. The molecule has 3 N–H and O–H groups in total. The molecule has 0 radical (unpaired) electrons. The molecule has 2 aromatic rings. The van der Waals surface area contributed by atoms with Gasteiger partial charge in [-0.3, -0.25) is 9.59 Å². The topological polar surface area (TPSA) is 66.0 Å². The van der Waals surface area contributed by atoms with Crippen LogP contribution in [-0.2, 0) is 16.0 Å². The van der Waals surface area contributed by atoms with Crippen LogP contribution in [0.5, 0.6) is 0 Å². The van der Waals surface area contributed by atoms with Crippen LogP contribution in [0.25, 0.3) is 0 Å². The van der Waals surface area contributed by atoms with Crippen molar-refractivity contribution in [1.29, 1.82) is 0 Å². The van der Waals surface area contributed by atoms with Crippen molar-refractivity contribution in [2.75, 3.05) is 25.5 Å². The number of benzene rings is 2. The lowest BCUT2D eigenvalue weighted by Gasteiger charge is -2.18. The monoisotopic (exact) mass is 422 g/mol. The van der Waals surface area contributed by atoms with Gasteiger partial charge in [-0.1, -0.05) is 54.4 Å². The quantitative estimate of drug-likeness (QED) is 0.685. The normalized spacial score (nSPS) is 11.8. The van der Waals surface area contributed by atoms with Gasteiger partial charge in [0.1, 0.15) is 6.04 Å². The highest BCUT2D eigenvalue weighted by Crippen LogP contribution is 2.24. The van der Waals surface area contributed by atoms with Crippen molar-refractivity contribution >= 4 is 40.7 Å². The number of anilines is 1. The molecule has 0 aliphatic heterocycles. The smallest absolute Gasteiger partial charge is 0.277 e. The van der Waals surface area contributed by atoms with E-state index in [1.54, 1.807) is 19.2 Å². The second-order valence-corrected chi connectivity index (χ2v) is 7.55. The molecule has 5 nitrogen and oxygen atoms in total. The summed E-state index contributed by atoms with van der Waals surface area (Å²) in [4.78, 5) is 26.1. The van der Waals surface area contributed by atoms with Gasteiger partial charge in [0.05, 0.1) is 11.6 Å². The number of nitrogens with zero attached hydrogens (tertiary/aromatic N) is 1.